The van der Waals surface area contributed by atoms with Crippen LogP contribution in [0.2, 0.25) is 0 Å². The SMILES string of the molecule is CCOc1ccc(OCC(=O)N2CC(c3nc(-c4ccccc4OC)no3)C2)cc1. The topological polar surface area (TPSA) is 86.9 Å². The molecule has 156 valence electrons. The van der Waals surface area contributed by atoms with Gasteiger partial charge in [-0.15, -0.1) is 0 Å². The van der Waals surface area contributed by atoms with Crippen LogP contribution in [0.3, 0.4) is 0 Å². The molecule has 1 saturated heterocycles. The van der Waals surface area contributed by atoms with Gasteiger partial charge in [-0.2, -0.15) is 4.98 Å². The Bertz CT molecular complexity index is 996. The van der Waals surface area contributed by atoms with Crippen molar-refractivity contribution in [1.29, 1.82) is 0 Å². The molecule has 30 heavy (non-hydrogen) atoms. The van der Waals surface area contributed by atoms with Gasteiger partial charge in [0.05, 0.1) is 25.2 Å². The van der Waals surface area contributed by atoms with Crippen LogP contribution in [0, 0.1) is 0 Å². The number of nitrogens with zero attached hydrogens (tertiary/aromatic N) is 3. The molecule has 0 atom stereocenters. The van der Waals surface area contributed by atoms with Crippen LogP contribution >= 0.6 is 0 Å². The van der Waals surface area contributed by atoms with Crippen LogP contribution in [-0.2, 0) is 4.79 Å². The summed E-state index contributed by atoms with van der Waals surface area (Å²) in [5.74, 6) is 3.02. The highest BCUT2D eigenvalue weighted by Crippen LogP contribution is 2.31. The van der Waals surface area contributed by atoms with E-state index in [2.05, 4.69) is 10.1 Å². The zero-order valence-electron chi connectivity index (χ0n) is 16.9. The fourth-order valence-electron chi connectivity index (χ4n) is 3.21. The van der Waals surface area contributed by atoms with E-state index in [1.54, 1.807) is 24.1 Å². The van der Waals surface area contributed by atoms with Crippen LogP contribution in [0.5, 0.6) is 17.2 Å². The molecule has 0 bridgehead atoms. The number of ether oxygens (including phenoxy) is 3. The fourth-order valence-corrected chi connectivity index (χ4v) is 3.21. The lowest BCUT2D eigenvalue weighted by atomic mass is 10.0. The lowest BCUT2D eigenvalue weighted by Gasteiger charge is -2.36. The highest BCUT2D eigenvalue weighted by Gasteiger charge is 2.36. The number of para-hydroxylation sites is 1. The minimum atomic E-state index is -0.0791. The highest BCUT2D eigenvalue weighted by atomic mass is 16.5. The first-order chi connectivity index (χ1) is 14.7. The number of aromatic nitrogens is 2. The fraction of sp³-hybridized carbons (Fsp3) is 0.318. The second-order valence-electron chi connectivity index (χ2n) is 6.85. The summed E-state index contributed by atoms with van der Waals surface area (Å²) in [4.78, 5) is 18.5. The van der Waals surface area contributed by atoms with Crippen LogP contribution < -0.4 is 14.2 Å². The number of likely N-dealkylation sites (tertiary alicyclic amines) is 1. The lowest BCUT2D eigenvalue weighted by molar-refractivity contribution is -0.138. The van der Waals surface area contributed by atoms with Gasteiger partial charge in [-0.05, 0) is 43.3 Å². The maximum atomic E-state index is 12.3. The monoisotopic (exact) mass is 409 g/mol. The summed E-state index contributed by atoms with van der Waals surface area (Å²) >= 11 is 0. The number of amides is 1. The minimum Gasteiger partial charge on any atom is -0.496 e. The molecule has 2 aromatic carbocycles. The second kappa shape index (κ2) is 8.86. The molecule has 8 heteroatoms. The van der Waals surface area contributed by atoms with Gasteiger partial charge in [-0.1, -0.05) is 17.3 Å². The van der Waals surface area contributed by atoms with E-state index >= 15 is 0 Å². The van der Waals surface area contributed by atoms with Crippen LogP contribution in [0.15, 0.2) is 53.1 Å². The largest absolute Gasteiger partial charge is 0.496 e. The molecule has 0 N–H and O–H groups in total. The first-order valence-corrected chi connectivity index (χ1v) is 9.78. The second-order valence-corrected chi connectivity index (χ2v) is 6.85. The molecule has 1 aromatic heterocycles. The normalized spacial score (nSPS) is 13.6. The Labute approximate surface area is 174 Å². The van der Waals surface area contributed by atoms with E-state index in [-0.39, 0.29) is 18.4 Å². The third kappa shape index (κ3) is 4.22. The van der Waals surface area contributed by atoms with Crippen molar-refractivity contribution in [3.63, 3.8) is 0 Å². The summed E-state index contributed by atoms with van der Waals surface area (Å²) in [6, 6.07) is 14.7. The van der Waals surface area contributed by atoms with Gasteiger partial charge in [0.2, 0.25) is 11.7 Å². The zero-order valence-corrected chi connectivity index (χ0v) is 16.9. The van der Waals surface area contributed by atoms with Gasteiger partial charge >= 0.3 is 0 Å². The van der Waals surface area contributed by atoms with E-state index in [0.717, 1.165) is 11.3 Å². The summed E-state index contributed by atoms with van der Waals surface area (Å²) in [6.45, 7) is 3.57. The summed E-state index contributed by atoms with van der Waals surface area (Å²) < 4.78 is 21.7. The number of hydrogen-bond acceptors (Lipinski definition) is 7. The molecule has 1 aliphatic rings. The third-order valence-corrected chi connectivity index (χ3v) is 4.87. The van der Waals surface area contributed by atoms with Gasteiger partial charge in [0.1, 0.15) is 17.2 Å². The van der Waals surface area contributed by atoms with Crippen LogP contribution in [0.4, 0.5) is 0 Å². The number of methoxy groups -OCH3 is 1. The van der Waals surface area contributed by atoms with Gasteiger partial charge in [0.15, 0.2) is 6.61 Å². The van der Waals surface area contributed by atoms with Crippen molar-refractivity contribution in [3.8, 4) is 28.6 Å². The predicted molar refractivity (Wildman–Crippen MR) is 109 cm³/mol. The maximum absolute atomic E-state index is 12.3. The van der Waals surface area contributed by atoms with Crippen molar-refractivity contribution in [2.75, 3.05) is 33.4 Å². The van der Waals surface area contributed by atoms with Crippen LogP contribution in [-0.4, -0.2) is 54.4 Å². The smallest absolute Gasteiger partial charge is 0.260 e. The van der Waals surface area contributed by atoms with Gasteiger partial charge in [0, 0.05) is 13.1 Å². The molecule has 3 aromatic rings. The Morgan fingerprint density at radius 2 is 1.80 bits per heavy atom. The molecular formula is C22H23N3O5. The number of carbonyl (C=O) groups excluding carboxylic acids is 1. The Hall–Kier alpha value is -3.55. The molecule has 0 radical (unpaired) electrons. The summed E-state index contributed by atoms with van der Waals surface area (Å²) in [7, 11) is 1.60. The molecule has 0 spiro atoms. The highest BCUT2D eigenvalue weighted by molar-refractivity contribution is 5.78. The lowest BCUT2D eigenvalue weighted by Crippen LogP contribution is -2.50. The van der Waals surface area contributed by atoms with Gasteiger partial charge < -0.3 is 23.6 Å². The van der Waals surface area contributed by atoms with Crippen LogP contribution in [0.25, 0.3) is 11.4 Å². The van der Waals surface area contributed by atoms with E-state index in [9.17, 15) is 4.79 Å². The number of rotatable bonds is 8. The molecule has 1 aliphatic heterocycles. The Morgan fingerprint density at radius 1 is 1.10 bits per heavy atom. The van der Waals surface area contributed by atoms with E-state index in [1.807, 2.05) is 43.3 Å². The molecular weight excluding hydrogens is 386 g/mol. The standard InChI is InChI=1S/C22H23N3O5/c1-3-28-16-8-10-17(11-9-16)29-14-20(26)25-12-15(13-25)22-23-21(24-30-22)18-6-4-5-7-19(18)27-2/h4-11,15H,3,12-14H2,1-2H3. The van der Waals surface area contributed by atoms with E-state index < -0.39 is 0 Å². The van der Waals surface area contributed by atoms with Crippen molar-refractivity contribution in [2.45, 2.75) is 12.8 Å². The molecule has 0 unspecified atom stereocenters. The summed E-state index contributed by atoms with van der Waals surface area (Å²) in [5.41, 5.74) is 0.769. The van der Waals surface area contributed by atoms with Gasteiger partial charge in [-0.3, -0.25) is 4.79 Å². The van der Waals surface area contributed by atoms with Gasteiger partial charge in [-0.25, -0.2) is 0 Å². The Morgan fingerprint density at radius 3 is 2.50 bits per heavy atom. The first-order valence-electron chi connectivity index (χ1n) is 9.78. The predicted octanol–water partition coefficient (Wildman–Crippen LogP) is 3.15. The quantitative estimate of drug-likeness (QED) is 0.565. The minimum absolute atomic E-state index is 0.0169. The van der Waals surface area contributed by atoms with Crippen molar-refractivity contribution in [3.05, 3.63) is 54.4 Å². The molecule has 2 heterocycles. The molecule has 1 amide bonds. The Kier molecular flexibility index (Phi) is 5.83. The van der Waals surface area contributed by atoms with Crippen molar-refractivity contribution < 1.29 is 23.5 Å². The van der Waals surface area contributed by atoms with E-state index in [1.165, 1.54) is 0 Å². The number of carbonyl (C=O) groups is 1. The van der Waals surface area contributed by atoms with Gasteiger partial charge in [0.25, 0.3) is 5.91 Å². The Balaban J connectivity index is 1.28. The number of hydrogen-bond donors (Lipinski definition) is 0. The molecule has 1 fully saturated rings. The maximum Gasteiger partial charge on any atom is 0.260 e. The molecule has 4 rings (SSSR count). The summed E-state index contributed by atoms with van der Waals surface area (Å²) in [6.07, 6.45) is 0. The zero-order chi connectivity index (χ0) is 20.9. The van der Waals surface area contributed by atoms with Crippen LogP contribution in [0.1, 0.15) is 18.7 Å². The molecule has 0 aliphatic carbocycles. The van der Waals surface area contributed by atoms with E-state index in [4.69, 9.17) is 18.7 Å². The molecule has 8 nitrogen and oxygen atoms in total. The van der Waals surface area contributed by atoms with Crippen molar-refractivity contribution >= 4 is 5.91 Å². The van der Waals surface area contributed by atoms with Crippen molar-refractivity contribution in [2.24, 2.45) is 0 Å². The first kappa shape index (κ1) is 19.8. The van der Waals surface area contributed by atoms with E-state index in [0.29, 0.717) is 42.9 Å². The third-order valence-electron chi connectivity index (χ3n) is 4.87. The molecule has 0 saturated carbocycles. The average Bonchev–Trinajstić information content (AvgIpc) is 3.22. The number of benzene rings is 2. The van der Waals surface area contributed by atoms with Crippen molar-refractivity contribution in [1.82, 2.24) is 15.0 Å². The average molecular weight is 409 g/mol. The summed E-state index contributed by atoms with van der Waals surface area (Å²) in [5, 5.41) is 4.06.